The van der Waals surface area contributed by atoms with Gasteiger partial charge in [-0.25, -0.2) is 14.8 Å². The van der Waals surface area contributed by atoms with Crippen molar-refractivity contribution in [2.24, 2.45) is 22.0 Å². The number of carbonyl (C=O) groups excluding carboxylic acids is 3. The Balaban J connectivity index is 1.58. The van der Waals surface area contributed by atoms with Crippen LogP contribution in [0.3, 0.4) is 0 Å². The predicted octanol–water partition coefficient (Wildman–Crippen LogP) is 5.41. The lowest BCUT2D eigenvalue weighted by Crippen LogP contribution is -2.40. The highest BCUT2D eigenvalue weighted by molar-refractivity contribution is 6.19. The molecule has 2 unspecified atom stereocenters. The van der Waals surface area contributed by atoms with Gasteiger partial charge in [-0.05, 0) is 70.5 Å². The van der Waals surface area contributed by atoms with E-state index < -0.39 is 23.7 Å². The van der Waals surface area contributed by atoms with Gasteiger partial charge in [-0.1, -0.05) is 53.6 Å². The summed E-state index contributed by atoms with van der Waals surface area (Å²) in [4.78, 5) is 40.5. The van der Waals surface area contributed by atoms with Gasteiger partial charge < -0.3 is 9.47 Å². The Morgan fingerprint density at radius 3 is 1.71 bits per heavy atom. The van der Waals surface area contributed by atoms with Gasteiger partial charge in [-0.3, -0.25) is 9.59 Å². The molecule has 9 heteroatoms. The lowest BCUT2D eigenvalue weighted by atomic mass is 9.72. The van der Waals surface area contributed by atoms with Gasteiger partial charge in [0.1, 0.15) is 5.75 Å². The summed E-state index contributed by atoms with van der Waals surface area (Å²) in [5.41, 5.74) is 5.16. The molecule has 42 heavy (non-hydrogen) atoms. The zero-order valence-corrected chi connectivity index (χ0v) is 24.4. The molecule has 2 aliphatic rings. The molecule has 5 rings (SSSR count). The van der Waals surface area contributed by atoms with Crippen LogP contribution in [0.5, 0.6) is 5.75 Å². The summed E-state index contributed by atoms with van der Waals surface area (Å²) in [7, 11) is 0. The van der Waals surface area contributed by atoms with Crippen molar-refractivity contribution in [3.63, 3.8) is 0 Å². The van der Waals surface area contributed by atoms with E-state index in [9.17, 15) is 14.4 Å². The third-order valence-electron chi connectivity index (χ3n) is 7.57. The van der Waals surface area contributed by atoms with Gasteiger partial charge in [-0.2, -0.15) is 10.2 Å². The Morgan fingerprint density at radius 1 is 0.762 bits per heavy atom. The second-order valence-electron chi connectivity index (χ2n) is 10.6. The molecule has 0 N–H and O–H groups in total. The van der Waals surface area contributed by atoms with Crippen LogP contribution in [-0.4, -0.2) is 42.4 Å². The molecule has 0 bridgehead atoms. The Kier molecular flexibility index (Phi) is 8.20. The maximum Gasteiger partial charge on any atom is 0.344 e. The first-order valence-corrected chi connectivity index (χ1v) is 14.0. The third kappa shape index (κ3) is 5.54. The van der Waals surface area contributed by atoms with Crippen molar-refractivity contribution in [3.8, 4) is 5.75 Å². The van der Waals surface area contributed by atoms with Gasteiger partial charge in [0.05, 0.1) is 29.8 Å². The first-order valence-electron chi connectivity index (χ1n) is 14.0. The van der Waals surface area contributed by atoms with Crippen molar-refractivity contribution >= 4 is 40.6 Å². The third-order valence-corrected chi connectivity index (χ3v) is 7.57. The maximum atomic E-state index is 14.2. The zero-order valence-electron chi connectivity index (χ0n) is 24.4. The SMILES string of the molecule is CCOC(=O)COc1ccccc1C(C1C(=O)N(c2ccc(C)cc2)N=C1C)C1C(=O)N(c2ccc(C)cc2)N=C1C. The highest BCUT2D eigenvalue weighted by Gasteiger charge is 2.50. The molecule has 0 fully saturated rings. The van der Waals surface area contributed by atoms with E-state index in [4.69, 9.17) is 9.47 Å². The summed E-state index contributed by atoms with van der Waals surface area (Å²) >= 11 is 0. The molecule has 0 spiro atoms. The molecule has 2 heterocycles. The lowest BCUT2D eigenvalue weighted by molar-refractivity contribution is -0.145. The molecule has 0 saturated carbocycles. The molecule has 0 saturated heterocycles. The largest absolute Gasteiger partial charge is 0.482 e. The summed E-state index contributed by atoms with van der Waals surface area (Å²) < 4.78 is 11.0. The molecule has 2 aliphatic heterocycles. The van der Waals surface area contributed by atoms with Crippen LogP contribution in [0.25, 0.3) is 0 Å². The molecule has 2 amide bonds. The summed E-state index contributed by atoms with van der Waals surface area (Å²) in [5.74, 6) is -2.90. The van der Waals surface area contributed by atoms with Gasteiger partial charge in [0, 0.05) is 17.3 Å². The van der Waals surface area contributed by atoms with Crippen LogP contribution in [0.2, 0.25) is 0 Å². The Morgan fingerprint density at radius 2 is 1.24 bits per heavy atom. The fourth-order valence-corrected chi connectivity index (χ4v) is 5.51. The van der Waals surface area contributed by atoms with Gasteiger partial charge in [-0.15, -0.1) is 0 Å². The van der Waals surface area contributed by atoms with E-state index in [1.54, 1.807) is 32.9 Å². The van der Waals surface area contributed by atoms with Gasteiger partial charge in [0.25, 0.3) is 11.8 Å². The number of hydrogen-bond donors (Lipinski definition) is 0. The lowest BCUT2D eigenvalue weighted by Gasteiger charge is -2.30. The number of benzene rings is 3. The molecular weight excluding hydrogens is 532 g/mol. The number of amides is 2. The fourth-order valence-electron chi connectivity index (χ4n) is 5.51. The number of hydrazone groups is 2. The van der Waals surface area contributed by atoms with Crippen LogP contribution >= 0.6 is 0 Å². The summed E-state index contributed by atoms with van der Waals surface area (Å²) in [5, 5.41) is 12.1. The summed E-state index contributed by atoms with van der Waals surface area (Å²) in [6.07, 6.45) is 0. The summed E-state index contributed by atoms with van der Waals surface area (Å²) in [6.45, 7) is 9.20. The van der Waals surface area contributed by atoms with E-state index in [-0.39, 0.29) is 25.0 Å². The standard InChI is InChI=1S/C33H34N4O5/c1-6-41-28(38)19-42-27-10-8-7-9-26(27)31(29-22(4)34-36(32(29)39)24-15-11-20(2)12-16-24)30-23(5)35-37(33(30)40)25-17-13-21(3)14-18-25/h7-18,29-31H,6,19H2,1-5H3. The Hall–Kier alpha value is -4.79. The molecule has 0 radical (unpaired) electrons. The number of ether oxygens (including phenoxy) is 2. The van der Waals surface area contributed by atoms with Crippen molar-refractivity contribution in [2.75, 3.05) is 23.2 Å². The molecule has 9 nitrogen and oxygen atoms in total. The van der Waals surface area contributed by atoms with Crippen molar-refractivity contribution in [2.45, 2.75) is 40.5 Å². The van der Waals surface area contributed by atoms with Crippen molar-refractivity contribution < 1.29 is 23.9 Å². The van der Waals surface area contributed by atoms with Crippen LogP contribution in [0.4, 0.5) is 11.4 Å². The monoisotopic (exact) mass is 566 g/mol. The van der Waals surface area contributed by atoms with Crippen LogP contribution in [0, 0.1) is 25.7 Å². The van der Waals surface area contributed by atoms with E-state index in [2.05, 4.69) is 10.2 Å². The van der Waals surface area contributed by atoms with Crippen molar-refractivity contribution in [1.82, 2.24) is 0 Å². The average molecular weight is 567 g/mol. The predicted molar refractivity (Wildman–Crippen MR) is 162 cm³/mol. The minimum absolute atomic E-state index is 0.231. The number of esters is 1. The molecule has 0 aromatic heterocycles. The topological polar surface area (TPSA) is 101 Å². The Bertz CT molecular complexity index is 1480. The smallest absolute Gasteiger partial charge is 0.344 e. The highest BCUT2D eigenvalue weighted by atomic mass is 16.6. The molecule has 0 aliphatic carbocycles. The molecular formula is C33H34N4O5. The first kappa shape index (κ1) is 28.7. The van der Waals surface area contributed by atoms with Crippen LogP contribution in [0.1, 0.15) is 43.4 Å². The first-order chi connectivity index (χ1) is 20.2. The van der Waals surface area contributed by atoms with Gasteiger partial charge in [0.15, 0.2) is 6.61 Å². The van der Waals surface area contributed by atoms with E-state index in [0.717, 1.165) is 11.1 Å². The normalized spacial score (nSPS) is 19.1. The van der Waals surface area contributed by atoms with E-state index >= 15 is 0 Å². The number of nitrogens with zero attached hydrogens (tertiary/aromatic N) is 4. The summed E-state index contributed by atoms with van der Waals surface area (Å²) in [6, 6.07) is 22.3. The highest BCUT2D eigenvalue weighted by Crippen LogP contribution is 2.45. The zero-order chi connectivity index (χ0) is 30.0. The fraction of sp³-hybridized carbons (Fsp3) is 0.303. The number of rotatable bonds is 9. The minimum atomic E-state index is -0.782. The van der Waals surface area contributed by atoms with E-state index in [0.29, 0.717) is 34.1 Å². The quantitative estimate of drug-likeness (QED) is 0.323. The average Bonchev–Trinajstić information content (AvgIpc) is 3.43. The maximum absolute atomic E-state index is 14.2. The van der Waals surface area contributed by atoms with Crippen molar-refractivity contribution in [3.05, 3.63) is 89.5 Å². The van der Waals surface area contributed by atoms with Gasteiger partial charge >= 0.3 is 5.97 Å². The van der Waals surface area contributed by atoms with Crippen LogP contribution in [-0.2, 0) is 19.1 Å². The number of anilines is 2. The second kappa shape index (κ2) is 12.0. The molecule has 2 atom stereocenters. The number of hydrogen-bond acceptors (Lipinski definition) is 7. The Labute approximate surface area is 245 Å². The number of aryl methyl sites for hydroxylation is 2. The van der Waals surface area contributed by atoms with Gasteiger partial charge in [0.2, 0.25) is 0 Å². The van der Waals surface area contributed by atoms with E-state index in [1.165, 1.54) is 10.0 Å². The molecule has 3 aromatic carbocycles. The minimum Gasteiger partial charge on any atom is -0.482 e. The van der Waals surface area contributed by atoms with Crippen LogP contribution in [0.15, 0.2) is 83.0 Å². The molecule has 216 valence electrons. The second-order valence-corrected chi connectivity index (χ2v) is 10.6. The van der Waals surface area contributed by atoms with Crippen LogP contribution < -0.4 is 14.8 Å². The van der Waals surface area contributed by atoms with Crippen molar-refractivity contribution in [1.29, 1.82) is 0 Å². The molecule has 3 aromatic rings. The number of para-hydroxylation sites is 1. The number of carbonyl (C=O) groups is 3. The van der Waals surface area contributed by atoms with E-state index in [1.807, 2.05) is 74.5 Å².